The van der Waals surface area contributed by atoms with E-state index in [1.165, 1.54) is 23.1 Å². The Morgan fingerprint density at radius 1 is 0.833 bits per heavy atom. The topological polar surface area (TPSA) is 117 Å². The molecule has 0 bridgehead atoms. The normalized spacial score (nSPS) is 12.7. The minimum absolute atomic E-state index is 0.197. The molecule has 0 fully saturated rings. The number of rotatable bonds is 11. The van der Waals surface area contributed by atoms with Crippen LogP contribution < -0.4 is 10.2 Å². The molecule has 0 saturated carbocycles. The second-order valence-corrected chi connectivity index (χ2v) is 9.63. The number of amides is 2. The van der Waals surface area contributed by atoms with Gasteiger partial charge in [-0.1, -0.05) is 17.3 Å². The zero-order chi connectivity index (χ0) is 29.1. The monoisotopic (exact) mass is 568 g/mol. The Kier molecular flexibility index (Phi) is 7.56. The molecule has 42 heavy (non-hydrogen) atoms. The van der Waals surface area contributed by atoms with Crippen molar-refractivity contribution in [3.05, 3.63) is 112 Å². The van der Waals surface area contributed by atoms with Gasteiger partial charge in [-0.3, -0.25) is 19.3 Å². The highest BCUT2D eigenvalue weighted by atomic mass is 19.1. The van der Waals surface area contributed by atoms with E-state index in [0.717, 1.165) is 6.07 Å². The Hall–Kier alpha value is -5.16. The van der Waals surface area contributed by atoms with Crippen LogP contribution in [-0.4, -0.2) is 58.1 Å². The number of aromatic nitrogens is 3. The molecule has 0 unspecified atom stereocenters. The Morgan fingerprint density at radius 3 is 2.36 bits per heavy atom. The standard InChI is InChI=1S/C31H25FN4O6/c32-21-7-10-28-26(17-21)27(37)18-29(42-28)20-5-8-23(9-6-20)41-16-15-40-14-13-35-19-22(33-34-35)11-12-36-30(38)24-3-1-2-4-25(24)31(36)39/h1-10,17-19H,11-16H2. The van der Waals surface area contributed by atoms with Gasteiger partial charge in [0.25, 0.3) is 11.8 Å². The SMILES string of the molecule is O=C1c2ccccc2C(=O)N1CCc1cn(CCOCCOc2ccc(-c3cc(=O)c4cc(F)ccc4o3)cc2)nn1. The lowest BCUT2D eigenvalue weighted by atomic mass is 10.1. The summed E-state index contributed by atoms with van der Waals surface area (Å²) < 4.78 is 32.2. The number of carbonyl (C=O) groups excluding carboxylic acids is 2. The van der Waals surface area contributed by atoms with Gasteiger partial charge in [-0.15, -0.1) is 5.10 Å². The van der Waals surface area contributed by atoms with Crippen LogP contribution in [0.25, 0.3) is 22.3 Å². The van der Waals surface area contributed by atoms with Crippen molar-refractivity contribution in [1.82, 2.24) is 19.9 Å². The first-order valence-electron chi connectivity index (χ1n) is 13.3. The molecular weight excluding hydrogens is 543 g/mol. The van der Waals surface area contributed by atoms with Crippen LogP contribution in [0, 0.1) is 5.82 Å². The summed E-state index contributed by atoms with van der Waals surface area (Å²) in [4.78, 5) is 38.6. The summed E-state index contributed by atoms with van der Waals surface area (Å²) in [6, 6.07) is 19.1. The average molecular weight is 569 g/mol. The van der Waals surface area contributed by atoms with Gasteiger partial charge in [0.05, 0.1) is 42.0 Å². The molecule has 3 aromatic carbocycles. The minimum Gasteiger partial charge on any atom is -0.491 e. The second-order valence-electron chi connectivity index (χ2n) is 9.63. The fraction of sp³-hybridized carbons (Fsp3) is 0.194. The smallest absolute Gasteiger partial charge is 0.261 e. The molecule has 1 aliphatic rings. The number of carbonyl (C=O) groups is 2. The average Bonchev–Trinajstić information content (AvgIpc) is 3.56. The third-order valence-electron chi connectivity index (χ3n) is 6.84. The summed E-state index contributed by atoms with van der Waals surface area (Å²) in [5, 5.41) is 8.41. The molecule has 6 rings (SSSR count). The maximum atomic E-state index is 13.4. The van der Waals surface area contributed by atoms with Gasteiger partial charge in [0.2, 0.25) is 0 Å². The molecule has 10 nitrogen and oxygen atoms in total. The first-order valence-corrected chi connectivity index (χ1v) is 13.3. The van der Waals surface area contributed by atoms with Crippen molar-refractivity contribution < 1.29 is 27.9 Å². The number of benzene rings is 3. The van der Waals surface area contributed by atoms with Crippen LogP contribution in [0.15, 0.2) is 88.2 Å². The summed E-state index contributed by atoms with van der Waals surface area (Å²) >= 11 is 0. The number of hydrogen-bond donors (Lipinski definition) is 0. The number of hydrogen-bond acceptors (Lipinski definition) is 8. The van der Waals surface area contributed by atoms with Crippen LogP contribution in [0.3, 0.4) is 0 Å². The Balaban J connectivity index is 0.918. The molecule has 0 saturated heterocycles. The van der Waals surface area contributed by atoms with Gasteiger partial charge < -0.3 is 13.9 Å². The van der Waals surface area contributed by atoms with Crippen molar-refractivity contribution in [1.29, 1.82) is 0 Å². The third kappa shape index (κ3) is 5.68. The lowest BCUT2D eigenvalue weighted by Crippen LogP contribution is -2.31. The van der Waals surface area contributed by atoms with Crippen molar-refractivity contribution in [2.24, 2.45) is 0 Å². The Morgan fingerprint density at radius 2 is 1.60 bits per heavy atom. The van der Waals surface area contributed by atoms with Crippen LogP contribution >= 0.6 is 0 Å². The fourth-order valence-corrected chi connectivity index (χ4v) is 4.70. The van der Waals surface area contributed by atoms with Crippen molar-refractivity contribution in [2.45, 2.75) is 13.0 Å². The van der Waals surface area contributed by atoms with Crippen molar-refractivity contribution in [3.63, 3.8) is 0 Å². The zero-order valence-corrected chi connectivity index (χ0v) is 22.4. The first-order chi connectivity index (χ1) is 20.5. The van der Waals surface area contributed by atoms with E-state index >= 15 is 0 Å². The first kappa shape index (κ1) is 27.0. The molecule has 11 heteroatoms. The molecule has 0 radical (unpaired) electrons. The van der Waals surface area contributed by atoms with Crippen LogP contribution in [-0.2, 0) is 17.7 Å². The molecule has 212 valence electrons. The quantitative estimate of drug-likeness (QED) is 0.173. The summed E-state index contributed by atoms with van der Waals surface area (Å²) in [7, 11) is 0. The van der Waals surface area contributed by atoms with Gasteiger partial charge in [-0.2, -0.15) is 0 Å². The van der Waals surface area contributed by atoms with Gasteiger partial charge in [-0.05, 0) is 54.6 Å². The molecule has 2 aromatic heterocycles. The Bertz CT molecular complexity index is 1800. The van der Waals surface area contributed by atoms with E-state index in [2.05, 4.69) is 10.3 Å². The van der Waals surface area contributed by atoms with Gasteiger partial charge in [0.15, 0.2) is 5.43 Å². The summed E-state index contributed by atoms with van der Waals surface area (Å²) in [5.41, 5.74) is 2.24. The van der Waals surface area contributed by atoms with Gasteiger partial charge in [0.1, 0.15) is 29.5 Å². The van der Waals surface area contributed by atoms with Crippen molar-refractivity contribution in [3.8, 4) is 17.1 Å². The molecular formula is C31H25FN4O6. The van der Waals surface area contributed by atoms with Crippen LogP contribution in [0.4, 0.5) is 4.39 Å². The molecule has 0 N–H and O–H groups in total. The molecule has 3 heterocycles. The molecule has 0 atom stereocenters. The molecule has 0 aliphatic carbocycles. The highest BCUT2D eigenvalue weighted by Crippen LogP contribution is 2.25. The summed E-state index contributed by atoms with van der Waals surface area (Å²) in [6.07, 6.45) is 2.18. The predicted molar refractivity (Wildman–Crippen MR) is 150 cm³/mol. The van der Waals surface area contributed by atoms with E-state index < -0.39 is 5.82 Å². The largest absolute Gasteiger partial charge is 0.491 e. The number of fused-ring (bicyclic) bond motifs is 2. The van der Waals surface area contributed by atoms with Crippen LogP contribution in [0.5, 0.6) is 5.75 Å². The summed E-state index contributed by atoms with van der Waals surface area (Å²) in [6.45, 7) is 1.81. The fourth-order valence-electron chi connectivity index (χ4n) is 4.70. The molecule has 1 aliphatic heterocycles. The number of nitrogens with zero attached hydrogens (tertiary/aromatic N) is 4. The van der Waals surface area contributed by atoms with E-state index in [1.54, 1.807) is 59.4 Å². The van der Waals surface area contributed by atoms with Crippen LogP contribution in [0.1, 0.15) is 26.4 Å². The van der Waals surface area contributed by atoms with Crippen LogP contribution in [0.2, 0.25) is 0 Å². The van der Waals surface area contributed by atoms with Gasteiger partial charge in [0, 0.05) is 30.8 Å². The van der Waals surface area contributed by atoms with E-state index in [4.69, 9.17) is 13.9 Å². The van der Waals surface area contributed by atoms with E-state index in [1.807, 2.05) is 0 Å². The van der Waals surface area contributed by atoms with E-state index in [-0.39, 0.29) is 29.2 Å². The number of imide groups is 1. The third-order valence-corrected chi connectivity index (χ3v) is 6.84. The molecule has 2 amide bonds. The molecule has 0 spiro atoms. The van der Waals surface area contributed by atoms with Gasteiger partial charge in [-0.25, -0.2) is 9.07 Å². The second kappa shape index (κ2) is 11.8. The number of halogens is 1. The lowest BCUT2D eigenvalue weighted by Gasteiger charge is -2.12. The number of ether oxygens (including phenoxy) is 2. The highest BCUT2D eigenvalue weighted by molar-refractivity contribution is 6.21. The van der Waals surface area contributed by atoms with Crippen molar-refractivity contribution in [2.75, 3.05) is 26.4 Å². The maximum Gasteiger partial charge on any atom is 0.261 e. The minimum atomic E-state index is -0.490. The Labute approximate surface area is 238 Å². The molecule has 5 aromatic rings. The lowest BCUT2D eigenvalue weighted by molar-refractivity contribution is 0.0655. The zero-order valence-electron chi connectivity index (χ0n) is 22.4. The predicted octanol–water partition coefficient (Wildman–Crippen LogP) is 4.12. The van der Waals surface area contributed by atoms with E-state index in [0.29, 0.717) is 72.3 Å². The van der Waals surface area contributed by atoms with E-state index in [9.17, 15) is 18.8 Å². The highest BCUT2D eigenvalue weighted by Gasteiger charge is 2.34. The van der Waals surface area contributed by atoms with Crippen molar-refractivity contribution >= 4 is 22.8 Å². The summed E-state index contributed by atoms with van der Waals surface area (Å²) in [5.74, 6) is -0.0472. The maximum absolute atomic E-state index is 13.4. The van der Waals surface area contributed by atoms with Gasteiger partial charge >= 0.3 is 0 Å².